The molecule has 2 aromatic rings. The average molecular weight is 437 g/mol. The van der Waals surface area contributed by atoms with E-state index >= 15 is 0 Å². The highest BCUT2D eigenvalue weighted by molar-refractivity contribution is 6.33. The summed E-state index contributed by atoms with van der Waals surface area (Å²) in [7, 11) is 0. The largest absolute Gasteiger partial charge is 0.351 e. The van der Waals surface area contributed by atoms with Gasteiger partial charge >= 0.3 is 0 Å². The molecule has 0 radical (unpaired) electrons. The highest BCUT2D eigenvalue weighted by Gasteiger charge is 2.23. The van der Waals surface area contributed by atoms with Crippen LogP contribution in [0.2, 0.25) is 5.02 Å². The molecule has 2 N–H and O–H groups in total. The van der Waals surface area contributed by atoms with Crippen LogP contribution < -0.4 is 10.6 Å². The SMILES string of the molecule is CCN(CC(=O)NCc1ccc(F)cc1)C(C)C(=O)Nc1cc([N+](=O)[O-])ccc1Cl. The second-order valence-electron chi connectivity index (χ2n) is 6.55. The molecule has 10 heteroatoms. The molecule has 0 aliphatic heterocycles. The minimum absolute atomic E-state index is 0.0328. The smallest absolute Gasteiger partial charge is 0.271 e. The van der Waals surface area contributed by atoms with Gasteiger partial charge in [-0.2, -0.15) is 0 Å². The maximum Gasteiger partial charge on any atom is 0.271 e. The molecule has 30 heavy (non-hydrogen) atoms. The Labute approximate surface area is 178 Å². The lowest BCUT2D eigenvalue weighted by Crippen LogP contribution is -2.46. The number of halogens is 2. The molecule has 2 aromatic carbocycles. The number of anilines is 1. The Hall–Kier alpha value is -3.04. The molecule has 0 heterocycles. The standard InChI is InChI=1S/C20H22ClFN4O4/c1-3-25(12-19(27)23-11-14-4-6-15(22)7-5-14)13(2)20(28)24-18-10-16(26(29)30)8-9-17(18)21/h4-10,13H,3,11-12H2,1-2H3,(H,23,27)(H,24,28). The summed E-state index contributed by atoms with van der Waals surface area (Å²) >= 11 is 6.02. The van der Waals surface area contributed by atoms with Crippen LogP contribution in [0.3, 0.4) is 0 Å². The van der Waals surface area contributed by atoms with Gasteiger partial charge in [-0.3, -0.25) is 24.6 Å². The topological polar surface area (TPSA) is 105 Å². The van der Waals surface area contributed by atoms with E-state index in [9.17, 15) is 24.1 Å². The number of carbonyl (C=O) groups excluding carboxylic acids is 2. The summed E-state index contributed by atoms with van der Waals surface area (Å²) in [5.74, 6) is -1.11. The molecule has 0 saturated heterocycles. The molecule has 160 valence electrons. The monoisotopic (exact) mass is 436 g/mol. The van der Waals surface area contributed by atoms with E-state index in [4.69, 9.17) is 11.6 Å². The second kappa shape index (κ2) is 10.7. The van der Waals surface area contributed by atoms with Crippen molar-refractivity contribution in [2.45, 2.75) is 26.4 Å². The number of non-ortho nitro benzene ring substituents is 1. The number of nitrogens with one attached hydrogen (secondary N) is 2. The van der Waals surface area contributed by atoms with Gasteiger partial charge in [-0.1, -0.05) is 30.7 Å². The van der Waals surface area contributed by atoms with E-state index in [1.54, 1.807) is 30.9 Å². The zero-order chi connectivity index (χ0) is 22.3. The molecule has 0 spiro atoms. The molecule has 0 aromatic heterocycles. The summed E-state index contributed by atoms with van der Waals surface area (Å²) < 4.78 is 12.9. The number of hydrogen-bond acceptors (Lipinski definition) is 5. The van der Waals surface area contributed by atoms with Crippen molar-refractivity contribution in [3.63, 3.8) is 0 Å². The van der Waals surface area contributed by atoms with E-state index in [0.29, 0.717) is 6.54 Å². The highest BCUT2D eigenvalue weighted by atomic mass is 35.5. The Morgan fingerprint density at radius 2 is 1.90 bits per heavy atom. The minimum atomic E-state index is -0.693. The van der Waals surface area contributed by atoms with Gasteiger partial charge in [0.1, 0.15) is 5.82 Å². The van der Waals surface area contributed by atoms with Crippen LogP contribution in [0.5, 0.6) is 0 Å². The lowest BCUT2D eigenvalue weighted by atomic mass is 10.2. The van der Waals surface area contributed by atoms with E-state index in [0.717, 1.165) is 5.56 Å². The van der Waals surface area contributed by atoms with Crippen molar-refractivity contribution >= 4 is 34.8 Å². The van der Waals surface area contributed by atoms with E-state index in [1.807, 2.05) is 0 Å². The molecule has 2 rings (SSSR count). The van der Waals surface area contributed by atoms with Crippen molar-refractivity contribution in [1.82, 2.24) is 10.2 Å². The van der Waals surface area contributed by atoms with E-state index < -0.39 is 16.9 Å². The summed E-state index contributed by atoms with van der Waals surface area (Å²) in [5, 5.41) is 16.4. The van der Waals surface area contributed by atoms with Crippen molar-refractivity contribution < 1.29 is 18.9 Å². The van der Waals surface area contributed by atoms with Gasteiger partial charge in [0.2, 0.25) is 11.8 Å². The van der Waals surface area contributed by atoms with Crippen LogP contribution in [0.4, 0.5) is 15.8 Å². The number of likely N-dealkylation sites (N-methyl/N-ethyl adjacent to an activating group) is 1. The third kappa shape index (κ3) is 6.50. The predicted octanol–water partition coefficient (Wildman–Crippen LogP) is 3.35. The average Bonchev–Trinajstić information content (AvgIpc) is 2.72. The van der Waals surface area contributed by atoms with Crippen molar-refractivity contribution in [3.05, 3.63) is 69.0 Å². The molecule has 0 aliphatic carbocycles. The van der Waals surface area contributed by atoms with Gasteiger partial charge in [-0.15, -0.1) is 0 Å². The summed E-state index contributed by atoms with van der Waals surface area (Å²) in [6.45, 7) is 4.05. The van der Waals surface area contributed by atoms with Crippen molar-refractivity contribution in [3.8, 4) is 0 Å². The molecule has 0 bridgehead atoms. The molecule has 1 atom stereocenters. The molecular formula is C20H22ClFN4O4. The van der Waals surface area contributed by atoms with Gasteiger partial charge in [0.25, 0.3) is 5.69 Å². The predicted molar refractivity (Wildman–Crippen MR) is 112 cm³/mol. The fourth-order valence-corrected chi connectivity index (χ4v) is 2.86. The first-order valence-corrected chi connectivity index (χ1v) is 9.59. The number of benzene rings is 2. The Kier molecular flexibility index (Phi) is 8.25. The first-order chi connectivity index (χ1) is 14.2. The zero-order valence-electron chi connectivity index (χ0n) is 16.5. The number of rotatable bonds is 9. The number of amides is 2. The fraction of sp³-hybridized carbons (Fsp3) is 0.300. The fourth-order valence-electron chi connectivity index (χ4n) is 2.69. The Bertz CT molecular complexity index is 924. The maximum atomic E-state index is 12.9. The summed E-state index contributed by atoms with van der Waals surface area (Å²) in [6.07, 6.45) is 0. The van der Waals surface area contributed by atoms with Crippen LogP contribution in [-0.4, -0.2) is 40.8 Å². The zero-order valence-corrected chi connectivity index (χ0v) is 17.3. The first-order valence-electron chi connectivity index (χ1n) is 9.21. The van der Waals surface area contributed by atoms with Crippen LogP contribution in [0.15, 0.2) is 42.5 Å². The Balaban J connectivity index is 1.95. The van der Waals surface area contributed by atoms with Crippen molar-refractivity contribution in [1.29, 1.82) is 0 Å². The van der Waals surface area contributed by atoms with Crippen LogP contribution in [0.1, 0.15) is 19.4 Å². The normalized spacial score (nSPS) is 11.8. The minimum Gasteiger partial charge on any atom is -0.351 e. The number of hydrogen-bond donors (Lipinski definition) is 2. The summed E-state index contributed by atoms with van der Waals surface area (Å²) in [6, 6.07) is 8.83. The molecule has 2 amide bonds. The van der Waals surface area contributed by atoms with Crippen molar-refractivity contribution in [2.75, 3.05) is 18.4 Å². The number of nitro benzene ring substituents is 1. The van der Waals surface area contributed by atoms with Crippen LogP contribution in [-0.2, 0) is 16.1 Å². The molecule has 1 unspecified atom stereocenters. The molecule has 8 nitrogen and oxygen atoms in total. The number of nitrogens with zero attached hydrogens (tertiary/aromatic N) is 2. The van der Waals surface area contributed by atoms with Crippen molar-refractivity contribution in [2.24, 2.45) is 0 Å². The number of nitro groups is 1. The van der Waals surface area contributed by atoms with E-state index in [-0.39, 0.29) is 41.2 Å². The lowest BCUT2D eigenvalue weighted by Gasteiger charge is -2.26. The van der Waals surface area contributed by atoms with Gasteiger partial charge in [-0.05, 0) is 37.2 Å². The third-order valence-corrected chi connectivity index (χ3v) is 4.83. The van der Waals surface area contributed by atoms with Gasteiger partial charge in [0.15, 0.2) is 0 Å². The van der Waals surface area contributed by atoms with Crippen LogP contribution >= 0.6 is 11.6 Å². The Morgan fingerprint density at radius 3 is 2.50 bits per heavy atom. The van der Waals surface area contributed by atoms with Gasteiger partial charge in [-0.25, -0.2) is 4.39 Å². The van der Waals surface area contributed by atoms with Crippen LogP contribution in [0, 0.1) is 15.9 Å². The third-order valence-electron chi connectivity index (χ3n) is 4.50. The highest BCUT2D eigenvalue weighted by Crippen LogP contribution is 2.27. The number of carbonyl (C=O) groups is 2. The summed E-state index contributed by atoms with van der Waals surface area (Å²) in [5.41, 5.74) is 0.674. The van der Waals surface area contributed by atoms with E-state index in [2.05, 4.69) is 10.6 Å². The first kappa shape index (κ1) is 23.2. The molecular weight excluding hydrogens is 415 g/mol. The quantitative estimate of drug-likeness (QED) is 0.463. The molecule has 0 saturated carbocycles. The van der Waals surface area contributed by atoms with Crippen LogP contribution in [0.25, 0.3) is 0 Å². The molecule has 0 aliphatic rings. The molecule has 0 fully saturated rings. The van der Waals surface area contributed by atoms with E-state index in [1.165, 1.54) is 30.3 Å². The second-order valence-corrected chi connectivity index (χ2v) is 6.96. The summed E-state index contributed by atoms with van der Waals surface area (Å²) in [4.78, 5) is 36.8. The maximum absolute atomic E-state index is 12.9. The van der Waals surface area contributed by atoms with Gasteiger partial charge < -0.3 is 10.6 Å². The van der Waals surface area contributed by atoms with Gasteiger partial charge in [0, 0.05) is 18.7 Å². The Morgan fingerprint density at radius 1 is 1.23 bits per heavy atom. The van der Waals surface area contributed by atoms with Gasteiger partial charge in [0.05, 0.1) is 28.2 Å². The lowest BCUT2D eigenvalue weighted by molar-refractivity contribution is -0.384.